The highest BCUT2D eigenvalue weighted by atomic mass is 16.5. The van der Waals surface area contributed by atoms with Gasteiger partial charge in [0.25, 0.3) is 0 Å². The van der Waals surface area contributed by atoms with Crippen molar-refractivity contribution in [2.45, 2.75) is 18.9 Å². The third-order valence-electron chi connectivity index (χ3n) is 2.89. The number of benzene rings is 1. The predicted molar refractivity (Wildman–Crippen MR) is 63.6 cm³/mol. The van der Waals surface area contributed by atoms with Gasteiger partial charge in [-0.3, -0.25) is 0 Å². The first-order chi connectivity index (χ1) is 7.92. The highest BCUT2D eigenvalue weighted by Crippen LogP contribution is 2.16. The van der Waals surface area contributed by atoms with Crippen LogP contribution in [0, 0.1) is 0 Å². The minimum absolute atomic E-state index is 0.384. The standard InChI is InChI=1S/C12H15N3O/c1-2-6-11-10(5-1)14-12(15-11)13-9-4-3-7-16-8-9/h1-2,5-6,9H,3-4,7-8H2,(H2,13,14,15). The second-order valence-corrected chi connectivity index (χ2v) is 4.16. The Morgan fingerprint density at radius 3 is 3.12 bits per heavy atom. The van der Waals surface area contributed by atoms with Gasteiger partial charge in [-0.05, 0) is 25.0 Å². The Bertz CT molecular complexity index is 441. The van der Waals surface area contributed by atoms with E-state index >= 15 is 0 Å². The number of fused-ring (bicyclic) bond motifs is 1. The van der Waals surface area contributed by atoms with Crippen LogP contribution >= 0.6 is 0 Å². The van der Waals surface area contributed by atoms with E-state index in [1.165, 1.54) is 0 Å². The number of H-pyrrole nitrogens is 1. The molecule has 1 saturated heterocycles. The smallest absolute Gasteiger partial charge is 0.201 e. The van der Waals surface area contributed by atoms with Crippen molar-refractivity contribution in [3.05, 3.63) is 24.3 Å². The van der Waals surface area contributed by atoms with Gasteiger partial charge in [0.05, 0.1) is 23.7 Å². The van der Waals surface area contributed by atoms with Gasteiger partial charge in [0.2, 0.25) is 5.95 Å². The summed E-state index contributed by atoms with van der Waals surface area (Å²) in [6.45, 7) is 1.66. The van der Waals surface area contributed by atoms with Crippen molar-refractivity contribution in [3.8, 4) is 0 Å². The number of aromatic amines is 1. The average Bonchev–Trinajstić information content (AvgIpc) is 2.72. The molecule has 0 bridgehead atoms. The number of nitrogens with one attached hydrogen (secondary N) is 2. The number of rotatable bonds is 2. The van der Waals surface area contributed by atoms with Gasteiger partial charge in [0.15, 0.2) is 0 Å². The van der Waals surface area contributed by atoms with Gasteiger partial charge in [-0.2, -0.15) is 0 Å². The quantitative estimate of drug-likeness (QED) is 0.810. The molecule has 0 amide bonds. The van der Waals surface area contributed by atoms with Gasteiger partial charge < -0.3 is 15.0 Å². The van der Waals surface area contributed by atoms with E-state index in [-0.39, 0.29) is 0 Å². The first-order valence-electron chi connectivity index (χ1n) is 5.71. The van der Waals surface area contributed by atoms with Crippen molar-refractivity contribution in [1.82, 2.24) is 9.97 Å². The van der Waals surface area contributed by atoms with E-state index in [0.29, 0.717) is 6.04 Å². The van der Waals surface area contributed by atoms with Crippen molar-refractivity contribution >= 4 is 17.0 Å². The number of ether oxygens (including phenoxy) is 1. The number of aromatic nitrogens is 2. The molecule has 3 rings (SSSR count). The van der Waals surface area contributed by atoms with Gasteiger partial charge in [0, 0.05) is 6.61 Å². The molecule has 1 aromatic carbocycles. The topological polar surface area (TPSA) is 49.9 Å². The van der Waals surface area contributed by atoms with Crippen LogP contribution in [0.25, 0.3) is 11.0 Å². The summed E-state index contributed by atoms with van der Waals surface area (Å²) in [7, 11) is 0. The fourth-order valence-electron chi connectivity index (χ4n) is 2.07. The zero-order chi connectivity index (χ0) is 10.8. The molecule has 4 nitrogen and oxygen atoms in total. The summed E-state index contributed by atoms with van der Waals surface area (Å²) in [5.74, 6) is 0.844. The maximum atomic E-state index is 5.42. The number of imidazole rings is 1. The Kier molecular flexibility index (Phi) is 2.50. The first kappa shape index (κ1) is 9.66. The molecule has 4 heteroatoms. The summed E-state index contributed by atoms with van der Waals surface area (Å²) in [6, 6.07) is 8.43. The summed E-state index contributed by atoms with van der Waals surface area (Å²) in [5, 5.41) is 3.38. The molecule has 0 aliphatic carbocycles. The fraction of sp³-hybridized carbons (Fsp3) is 0.417. The molecule has 0 radical (unpaired) electrons. The zero-order valence-electron chi connectivity index (χ0n) is 9.07. The summed E-state index contributed by atoms with van der Waals surface area (Å²) in [4.78, 5) is 7.75. The lowest BCUT2D eigenvalue weighted by atomic mass is 10.1. The Balaban J connectivity index is 1.78. The molecule has 0 spiro atoms. The van der Waals surface area contributed by atoms with Crippen LogP contribution in [0.2, 0.25) is 0 Å². The molecule has 1 aliphatic rings. The molecule has 16 heavy (non-hydrogen) atoms. The number of para-hydroxylation sites is 2. The first-order valence-corrected chi connectivity index (χ1v) is 5.71. The summed E-state index contributed by atoms with van der Waals surface area (Å²) >= 11 is 0. The maximum absolute atomic E-state index is 5.42. The third kappa shape index (κ3) is 1.88. The van der Waals surface area contributed by atoms with Gasteiger partial charge in [0.1, 0.15) is 0 Å². The summed E-state index contributed by atoms with van der Waals surface area (Å²) in [5.41, 5.74) is 2.07. The molecule has 1 atom stereocenters. The number of nitrogens with zero attached hydrogens (tertiary/aromatic N) is 1. The van der Waals surface area contributed by atoms with E-state index in [1.54, 1.807) is 0 Å². The molecule has 84 valence electrons. The highest BCUT2D eigenvalue weighted by molar-refractivity contribution is 5.77. The molecule has 2 aromatic rings. The third-order valence-corrected chi connectivity index (χ3v) is 2.89. The molecular weight excluding hydrogens is 202 g/mol. The lowest BCUT2D eigenvalue weighted by molar-refractivity contribution is 0.0874. The largest absolute Gasteiger partial charge is 0.379 e. The van der Waals surface area contributed by atoms with Gasteiger partial charge in [-0.15, -0.1) is 0 Å². The van der Waals surface area contributed by atoms with Crippen LogP contribution in [0.15, 0.2) is 24.3 Å². The van der Waals surface area contributed by atoms with Crippen LogP contribution in [-0.4, -0.2) is 29.2 Å². The summed E-state index contributed by atoms with van der Waals surface area (Å²) < 4.78 is 5.42. The molecule has 2 N–H and O–H groups in total. The lowest BCUT2D eigenvalue weighted by Gasteiger charge is -2.22. The molecule has 1 unspecified atom stereocenters. The molecule has 1 fully saturated rings. The Labute approximate surface area is 94.0 Å². The molecule has 2 heterocycles. The second kappa shape index (κ2) is 4.14. The minimum atomic E-state index is 0.384. The molecular formula is C12H15N3O. The van der Waals surface area contributed by atoms with Crippen LogP contribution in [0.5, 0.6) is 0 Å². The predicted octanol–water partition coefficient (Wildman–Crippen LogP) is 2.15. The number of hydrogen-bond donors (Lipinski definition) is 2. The normalized spacial score (nSPS) is 21.1. The van der Waals surface area contributed by atoms with Crippen LogP contribution in [0.1, 0.15) is 12.8 Å². The Morgan fingerprint density at radius 2 is 2.31 bits per heavy atom. The van der Waals surface area contributed by atoms with Crippen molar-refractivity contribution < 1.29 is 4.74 Å². The Hall–Kier alpha value is -1.55. The van der Waals surface area contributed by atoms with Crippen LogP contribution < -0.4 is 5.32 Å². The number of hydrogen-bond acceptors (Lipinski definition) is 3. The molecule has 0 saturated carbocycles. The zero-order valence-corrected chi connectivity index (χ0v) is 9.07. The van der Waals surface area contributed by atoms with Crippen LogP contribution in [0.3, 0.4) is 0 Å². The summed E-state index contributed by atoms with van der Waals surface area (Å²) in [6.07, 6.45) is 2.27. The van der Waals surface area contributed by atoms with Crippen molar-refractivity contribution in [3.63, 3.8) is 0 Å². The van der Waals surface area contributed by atoms with Gasteiger partial charge >= 0.3 is 0 Å². The van der Waals surface area contributed by atoms with Gasteiger partial charge in [-0.25, -0.2) is 4.98 Å². The van der Waals surface area contributed by atoms with E-state index in [2.05, 4.69) is 15.3 Å². The van der Waals surface area contributed by atoms with Crippen molar-refractivity contribution in [1.29, 1.82) is 0 Å². The average molecular weight is 217 g/mol. The number of anilines is 1. The van der Waals surface area contributed by atoms with E-state index < -0.39 is 0 Å². The Morgan fingerprint density at radius 1 is 1.38 bits per heavy atom. The second-order valence-electron chi connectivity index (χ2n) is 4.16. The van der Waals surface area contributed by atoms with Gasteiger partial charge in [-0.1, -0.05) is 12.1 Å². The molecule has 1 aromatic heterocycles. The maximum Gasteiger partial charge on any atom is 0.201 e. The van der Waals surface area contributed by atoms with Crippen LogP contribution in [0.4, 0.5) is 5.95 Å². The van der Waals surface area contributed by atoms with Crippen molar-refractivity contribution in [2.24, 2.45) is 0 Å². The SMILES string of the molecule is c1ccc2[nH]c(NC3CCCOC3)nc2c1. The van der Waals surface area contributed by atoms with E-state index in [1.807, 2.05) is 24.3 Å². The lowest BCUT2D eigenvalue weighted by Crippen LogP contribution is -2.30. The van der Waals surface area contributed by atoms with E-state index in [4.69, 9.17) is 4.74 Å². The van der Waals surface area contributed by atoms with Crippen LogP contribution in [-0.2, 0) is 4.74 Å². The monoisotopic (exact) mass is 217 g/mol. The van der Waals surface area contributed by atoms with Crippen molar-refractivity contribution in [2.75, 3.05) is 18.5 Å². The highest BCUT2D eigenvalue weighted by Gasteiger charge is 2.14. The van der Waals surface area contributed by atoms with E-state index in [0.717, 1.165) is 43.0 Å². The van der Waals surface area contributed by atoms with E-state index in [9.17, 15) is 0 Å². The minimum Gasteiger partial charge on any atom is -0.379 e. The molecule has 1 aliphatic heterocycles. The fourth-order valence-corrected chi connectivity index (χ4v) is 2.07.